The lowest BCUT2D eigenvalue weighted by molar-refractivity contribution is 0.0663. The fraction of sp³-hybridized carbons (Fsp3) is 0.0833. The van der Waals surface area contributed by atoms with E-state index in [9.17, 15) is 4.79 Å². The number of rotatable bonds is 3. The molecule has 0 aliphatic carbocycles. The van der Waals surface area contributed by atoms with Crippen LogP contribution >= 0.6 is 0 Å². The summed E-state index contributed by atoms with van der Waals surface area (Å²) in [4.78, 5) is 11.3. The molecule has 14 heavy (non-hydrogen) atoms. The van der Waals surface area contributed by atoms with Gasteiger partial charge in [-0.15, -0.1) is 0 Å². The summed E-state index contributed by atoms with van der Waals surface area (Å²) in [6.07, 6.45) is 4.42. The number of aryl methyl sites for hydroxylation is 1. The van der Waals surface area contributed by atoms with Crippen LogP contribution in [-0.4, -0.2) is 5.97 Å². The highest BCUT2D eigenvalue weighted by Crippen LogP contribution is 2.04. The van der Waals surface area contributed by atoms with Gasteiger partial charge in [-0.3, -0.25) is 0 Å². The predicted molar refractivity (Wildman–Crippen MR) is 55.9 cm³/mol. The van der Waals surface area contributed by atoms with Gasteiger partial charge in [0.25, 0.3) is 0 Å². The SMILES string of the molecule is C=CC=COC(=O)c1ccc(C)cc1. The zero-order valence-electron chi connectivity index (χ0n) is 8.07. The number of benzene rings is 1. The Morgan fingerprint density at radius 2 is 2.00 bits per heavy atom. The van der Waals surface area contributed by atoms with Gasteiger partial charge in [-0.1, -0.05) is 30.4 Å². The molecule has 0 atom stereocenters. The highest BCUT2D eigenvalue weighted by Gasteiger charge is 2.03. The van der Waals surface area contributed by atoms with E-state index in [0.717, 1.165) is 5.56 Å². The lowest BCUT2D eigenvalue weighted by Crippen LogP contribution is -1.99. The Hall–Kier alpha value is -1.83. The van der Waals surface area contributed by atoms with Crippen LogP contribution < -0.4 is 0 Å². The van der Waals surface area contributed by atoms with E-state index in [-0.39, 0.29) is 5.97 Å². The Balaban J connectivity index is 2.65. The van der Waals surface area contributed by atoms with Gasteiger partial charge in [-0.25, -0.2) is 4.79 Å². The Labute approximate surface area is 83.5 Å². The summed E-state index contributed by atoms with van der Waals surface area (Å²) in [5, 5.41) is 0. The Bertz CT molecular complexity index is 347. The van der Waals surface area contributed by atoms with Crippen LogP contribution in [0, 0.1) is 6.92 Å². The minimum Gasteiger partial charge on any atom is -0.431 e. The topological polar surface area (TPSA) is 26.3 Å². The summed E-state index contributed by atoms with van der Waals surface area (Å²) in [6, 6.07) is 7.21. The quantitative estimate of drug-likeness (QED) is 0.414. The Kier molecular flexibility index (Phi) is 3.68. The third kappa shape index (κ3) is 2.90. The van der Waals surface area contributed by atoms with Gasteiger partial charge in [0.05, 0.1) is 11.8 Å². The average Bonchev–Trinajstić information content (AvgIpc) is 2.19. The summed E-state index contributed by atoms with van der Waals surface area (Å²) in [5.74, 6) is -0.358. The molecule has 0 aromatic heterocycles. The van der Waals surface area contributed by atoms with Crippen molar-refractivity contribution < 1.29 is 9.53 Å². The van der Waals surface area contributed by atoms with Crippen molar-refractivity contribution in [2.24, 2.45) is 0 Å². The molecular formula is C12H12O2. The molecule has 0 N–H and O–H groups in total. The maximum Gasteiger partial charge on any atom is 0.342 e. The van der Waals surface area contributed by atoms with Gasteiger partial charge in [0.2, 0.25) is 0 Å². The minimum atomic E-state index is -0.358. The van der Waals surface area contributed by atoms with E-state index in [0.29, 0.717) is 5.56 Å². The summed E-state index contributed by atoms with van der Waals surface area (Å²) in [7, 11) is 0. The van der Waals surface area contributed by atoms with Gasteiger partial charge in [0, 0.05) is 0 Å². The molecule has 1 aromatic carbocycles. The highest BCUT2D eigenvalue weighted by atomic mass is 16.5. The fourth-order valence-electron chi connectivity index (χ4n) is 0.914. The number of carbonyl (C=O) groups is 1. The average molecular weight is 188 g/mol. The number of hydrogen-bond acceptors (Lipinski definition) is 2. The molecule has 0 saturated carbocycles. The molecule has 0 aliphatic heterocycles. The number of allylic oxidation sites excluding steroid dienone is 2. The predicted octanol–water partition coefficient (Wildman–Crippen LogP) is 2.85. The van der Waals surface area contributed by atoms with Crippen molar-refractivity contribution in [3.63, 3.8) is 0 Å². The molecule has 0 heterocycles. The zero-order valence-corrected chi connectivity index (χ0v) is 8.07. The number of ether oxygens (including phenoxy) is 1. The molecule has 0 saturated heterocycles. The maximum absolute atomic E-state index is 11.3. The maximum atomic E-state index is 11.3. The van der Waals surface area contributed by atoms with E-state index < -0.39 is 0 Å². The molecule has 0 radical (unpaired) electrons. The minimum absolute atomic E-state index is 0.358. The molecule has 0 amide bonds. The van der Waals surface area contributed by atoms with Crippen LogP contribution in [0.25, 0.3) is 0 Å². The van der Waals surface area contributed by atoms with Crippen LogP contribution in [0.5, 0.6) is 0 Å². The van der Waals surface area contributed by atoms with E-state index in [1.165, 1.54) is 6.26 Å². The molecule has 0 unspecified atom stereocenters. The normalized spacial score (nSPS) is 10.1. The number of hydrogen-bond donors (Lipinski definition) is 0. The largest absolute Gasteiger partial charge is 0.431 e. The molecule has 2 heteroatoms. The molecule has 2 nitrogen and oxygen atoms in total. The third-order valence-electron chi connectivity index (χ3n) is 1.68. The second-order valence-corrected chi connectivity index (χ2v) is 2.84. The van der Waals surface area contributed by atoms with E-state index in [1.54, 1.807) is 24.3 Å². The van der Waals surface area contributed by atoms with E-state index >= 15 is 0 Å². The first kappa shape index (κ1) is 10.3. The van der Waals surface area contributed by atoms with Crippen molar-refractivity contribution in [3.05, 3.63) is 60.4 Å². The number of esters is 1. The van der Waals surface area contributed by atoms with Crippen LogP contribution in [0.15, 0.2) is 49.3 Å². The summed E-state index contributed by atoms with van der Waals surface area (Å²) < 4.78 is 4.82. The van der Waals surface area contributed by atoms with Gasteiger partial charge in [0.15, 0.2) is 0 Å². The molecule has 72 valence electrons. The van der Waals surface area contributed by atoms with Crippen molar-refractivity contribution in [2.75, 3.05) is 0 Å². The van der Waals surface area contributed by atoms with Crippen molar-refractivity contribution >= 4 is 5.97 Å². The van der Waals surface area contributed by atoms with Crippen LogP contribution in [0.4, 0.5) is 0 Å². The van der Waals surface area contributed by atoms with Crippen LogP contribution in [0.2, 0.25) is 0 Å². The van der Waals surface area contributed by atoms with Gasteiger partial charge in [-0.2, -0.15) is 0 Å². The van der Waals surface area contributed by atoms with Crippen molar-refractivity contribution in [3.8, 4) is 0 Å². The van der Waals surface area contributed by atoms with Crippen LogP contribution in [0.1, 0.15) is 15.9 Å². The second-order valence-electron chi connectivity index (χ2n) is 2.84. The van der Waals surface area contributed by atoms with E-state index in [1.807, 2.05) is 19.1 Å². The Morgan fingerprint density at radius 3 is 2.57 bits per heavy atom. The monoisotopic (exact) mass is 188 g/mol. The molecule has 0 fully saturated rings. The highest BCUT2D eigenvalue weighted by molar-refractivity contribution is 5.89. The molecule has 0 spiro atoms. The van der Waals surface area contributed by atoms with Crippen molar-refractivity contribution in [2.45, 2.75) is 6.92 Å². The summed E-state index contributed by atoms with van der Waals surface area (Å²) in [5.41, 5.74) is 1.66. The first-order valence-corrected chi connectivity index (χ1v) is 4.29. The van der Waals surface area contributed by atoms with E-state index in [2.05, 4.69) is 6.58 Å². The summed E-state index contributed by atoms with van der Waals surface area (Å²) >= 11 is 0. The first-order valence-electron chi connectivity index (χ1n) is 4.29. The second kappa shape index (κ2) is 5.02. The molecule has 1 rings (SSSR count). The fourth-order valence-corrected chi connectivity index (χ4v) is 0.914. The smallest absolute Gasteiger partial charge is 0.342 e. The molecule has 1 aromatic rings. The first-order chi connectivity index (χ1) is 6.74. The van der Waals surface area contributed by atoms with Crippen LogP contribution in [0.3, 0.4) is 0 Å². The number of carbonyl (C=O) groups excluding carboxylic acids is 1. The molecule has 0 bridgehead atoms. The van der Waals surface area contributed by atoms with Gasteiger partial charge in [-0.05, 0) is 25.1 Å². The van der Waals surface area contributed by atoms with Gasteiger partial charge >= 0.3 is 5.97 Å². The lowest BCUT2D eigenvalue weighted by atomic mass is 10.1. The van der Waals surface area contributed by atoms with E-state index in [4.69, 9.17) is 4.74 Å². The Morgan fingerprint density at radius 1 is 1.36 bits per heavy atom. The third-order valence-corrected chi connectivity index (χ3v) is 1.68. The zero-order chi connectivity index (χ0) is 10.4. The lowest BCUT2D eigenvalue weighted by Gasteiger charge is -1.98. The molecule has 0 aliphatic rings. The summed E-state index contributed by atoms with van der Waals surface area (Å²) in [6.45, 7) is 5.43. The van der Waals surface area contributed by atoms with Gasteiger partial charge < -0.3 is 4.74 Å². The van der Waals surface area contributed by atoms with Gasteiger partial charge in [0.1, 0.15) is 0 Å². The van der Waals surface area contributed by atoms with Crippen molar-refractivity contribution in [1.82, 2.24) is 0 Å². The van der Waals surface area contributed by atoms with Crippen molar-refractivity contribution in [1.29, 1.82) is 0 Å². The van der Waals surface area contributed by atoms with Crippen LogP contribution in [-0.2, 0) is 4.74 Å². The standard InChI is InChI=1S/C12H12O2/c1-3-4-9-14-12(13)11-7-5-10(2)6-8-11/h3-9H,1H2,2H3. The molecular weight excluding hydrogens is 176 g/mol.